The first kappa shape index (κ1) is 16.5. The Kier molecular flexibility index (Phi) is 4.74. The van der Waals surface area contributed by atoms with Gasteiger partial charge in [-0.15, -0.1) is 8.58 Å². The molecule has 3 rings (SSSR count). The topological polar surface area (TPSA) is 40.6 Å². The van der Waals surface area contributed by atoms with Crippen molar-refractivity contribution in [3.8, 4) is 0 Å². The lowest BCUT2D eigenvalue weighted by Crippen LogP contribution is -2.31. The molecule has 6 heteroatoms. The van der Waals surface area contributed by atoms with E-state index in [1.807, 2.05) is 25.3 Å². The molecule has 2 amide bonds. The molecule has 1 aliphatic carbocycles. The SMILES string of the molecule is CPCN(C)c1cc(N2C(=O)C3C=CCCC3C2=O)ccc1Cl. The Hall–Kier alpha value is -1.38. The molecule has 1 aromatic rings. The highest BCUT2D eigenvalue weighted by atomic mass is 35.5. The number of anilines is 2. The van der Waals surface area contributed by atoms with E-state index in [1.54, 1.807) is 12.1 Å². The van der Waals surface area contributed by atoms with Crippen LogP contribution in [0.3, 0.4) is 0 Å². The molecule has 1 aromatic carbocycles. The van der Waals surface area contributed by atoms with E-state index in [2.05, 4.69) is 11.6 Å². The van der Waals surface area contributed by atoms with E-state index in [4.69, 9.17) is 11.6 Å². The molecule has 0 saturated carbocycles. The van der Waals surface area contributed by atoms with Crippen molar-refractivity contribution in [3.63, 3.8) is 0 Å². The van der Waals surface area contributed by atoms with E-state index < -0.39 is 0 Å². The van der Waals surface area contributed by atoms with Crippen molar-refractivity contribution in [2.75, 3.05) is 29.8 Å². The van der Waals surface area contributed by atoms with Crippen LogP contribution in [0.5, 0.6) is 0 Å². The second-order valence-corrected chi connectivity index (χ2v) is 7.43. The molecule has 0 N–H and O–H groups in total. The summed E-state index contributed by atoms with van der Waals surface area (Å²) in [6.07, 6.45) is 6.38. The van der Waals surface area contributed by atoms with Gasteiger partial charge in [0.25, 0.3) is 0 Å². The van der Waals surface area contributed by atoms with Crippen LogP contribution in [0.2, 0.25) is 5.02 Å². The van der Waals surface area contributed by atoms with Gasteiger partial charge in [0, 0.05) is 13.3 Å². The Bertz CT molecular complexity index is 677. The zero-order chi connectivity index (χ0) is 16.6. The zero-order valence-corrected chi connectivity index (χ0v) is 15.0. The molecule has 1 saturated heterocycles. The molecular formula is C17H20ClN2O2P. The number of hydrogen-bond donors (Lipinski definition) is 0. The standard InChI is InChI=1S/C17H20ClN2O2P/c1-19(10-23-2)15-9-11(7-8-14(15)18)20-16(21)12-5-3-4-6-13(12)17(20)22/h3,5,7-9,12-13,23H,4,6,10H2,1-2H3. The number of benzene rings is 1. The van der Waals surface area contributed by atoms with Crippen molar-refractivity contribution in [1.29, 1.82) is 0 Å². The van der Waals surface area contributed by atoms with E-state index in [1.165, 1.54) is 4.90 Å². The summed E-state index contributed by atoms with van der Waals surface area (Å²) < 4.78 is 0. The van der Waals surface area contributed by atoms with Gasteiger partial charge in [0.05, 0.1) is 28.2 Å². The Labute approximate surface area is 143 Å². The first-order chi connectivity index (χ1) is 11.0. The minimum absolute atomic E-state index is 0.0855. The minimum atomic E-state index is -0.301. The number of halogens is 1. The molecule has 4 nitrogen and oxygen atoms in total. The molecule has 1 heterocycles. The predicted molar refractivity (Wildman–Crippen MR) is 96.8 cm³/mol. The van der Waals surface area contributed by atoms with Crippen LogP contribution in [0.4, 0.5) is 11.4 Å². The van der Waals surface area contributed by atoms with Crippen molar-refractivity contribution in [2.45, 2.75) is 12.8 Å². The maximum Gasteiger partial charge on any atom is 0.241 e. The third kappa shape index (κ3) is 2.90. The molecule has 1 fully saturated rings. The normalized spacial score (nSPS) is 23.9. The van der Waals surface area contributed by atoms with Crippen molar-refractivity contribution in [1.82, 2.24) is 0 Å². The number of allylic oxidation sites excluding steroid dienone is 1. The van der Waals surface area contributed by atoms with Crippen molar-refractivity contribution >= 4 is 43.4 Å². The van der Waals surface area contributed by atoms with E-state index in [-0.39, 0.29) is 23.7 Å². The largest absolute Gasteiger partial charge is 0.369 e. The van der Waals surface area contributed by atoms with Gasteiger partial charge in [0.2, 0.25) is 11.8 Å². The summed E-state index contributed by atoms with van der Waals surface area (Å²) in [7, 11) is 2.73. The molecule has 1 aliphatic heterocycles. The third-order valence-electron chi connectivity index (χ3n) is 4.46. The fourth-order valence-corrected chi connectivity index (χ4v) is 4.20. The summed E-state index contributed by atoms with van der Waals surface area (Å²) in [4.78, 5) is 28.7. The predicted octanol–water partition coefficient (Wildman–Crippen LogP) is 3.50. The summed E-state index contributed by atoms with van der Waals surface area (Å²) in [5.74, 6) is -0.714. The van der Waals surface area contributed by atoms with E-state index in [0.29, 0.717) is 10.7 Å². The number of imide groups is 1. The second-order valence-electron chi connectivity index (χ2n) is 5.99. The Morgan fingerprint density at radius 1 is 1.35 bits per heavy atom. The molecule has 0 radical (unpaired) electrons. The van der Waals surface area contributed by atoms with E-state index in [9.17, 15) is 9.59 Å². The first-order valence-corrected chi connectivity index (χ1v) is 9.83. The van der Waals surface area contributed by atoms with Crippen LogP contribution in [-0.4, -0.2) is 31.8 Å². The van der Waals surface area contributed by atoms with Gasteiger partial charge in [0.15, 0.2) is 0 Å². The number of rotatable bonds is 4. The molecule has 2 aliphatic rings. The number of carbonyl (C=O) groups is 2. The van der Waals surface area contributed by atoms with Gasteiger partial charge in [-0.05, 0) is 37.7 Å². The van der Waals surface area contributed by atoms with Crippen molar-refractivity contribution in [2.24, 2.45) is 11.8 Å². The van der Waals surface area contributed by atoms with Gasteiger partial charge < -0.3 is 4.90 Å². The highest BCUT2D eigenvalue weighted by Gasteiger charge is 2.47. The van der Waals surface area contributed by atoms with Gasteiger partial charge in [-0.3, -0.25) is 9.59 Å². The monoisotopic (exact) mass is 350 g/mol. The van der Waals surface area contributed by atoms with Crippen LogP contribution in [0.15, 0.2) is 30.4 Å². The van der Waals surface area contributed by atoms with Gasteiger partial charge >= 0.3 is 0 Å². The Morgan fingerprint density at radius 3 is 2.83 bits per heavy atom. The van der Waals surface area contributed by atoms with Gasteiger partial charge in [-0.2, -0.15) is 0 Å². The quantitative estimate of drug-likeness (QED) is 0.474. The second kappa shape index (κ2) is 6.62. The van der Waals surface area contributed by atoms with Gasteiger partial charge in [-0.25, -0.2) is 4.90 Å². The summed E-state index contributed by atoms with van der Waals surface area (Å²) in [5, 5.41) is 0.630. The van der Waals surface area contributed by atoms with E-state index in [0.717, 1.165) is 33.4 Å². The third-order valence-corrected chi connectivity index (χ3v) is 5.57. The summed E-state index contributed by atoms with van der Waals surface area (Å²) in [6.45, 7) is 2.12. The average molecular weight is 351 g/mol. The molecule has 3 atom stereocenters. The highest BCUT2D eigenvalue weighted by Crippen LogP contribution is 2.39. The van der Waals surface area contributed by atoms with Gasteiger partial charge in [0.1, 0.15) is 0 Å². The van der Waals surface area contributed by atoms with Crippen LogP contribution >= 0.6 is 20.2 Å². The average Bonchev–Trinajstić information content (AvgIpc) is 2.80. The fraction of sp³-hybridized carbons (Fsp3) is 0.412. The van der Waals surface area contributed by atoms with Crippen LogP contribution < -0.4 is 9.80 Å². The molecular weight excluding hydrogens is 331 g/mol. The number of hydrogen-bond acceptors (Lipinski definition) is 3. The number of fused-ring (bicyclic) bond motifs is 1. The highest BCUT2D eigenvalue weighted by molar-refractivity contribution is 7.37. The maximum atomic E-state index is 12.7. The number of amides is 2. The summed E-state index contributed by atoms with van der Waals surface area (Å²) >= 11 is 6.29. The minimum Gasteiger partial charge on any atom is -0.369 e. The molecule has 23 heavy (non-hydrogen) atoms. The molecule has 0 bridgehead atoms. The van der Waals surface area contributed by atoms with Crippen LogP contribution in [-0.2, 0) is 9.59 Å². The number of carbonyl (C=O) groups excluding carboxylic acids is 2. The number of nitrogens with zero attached hydrogens (tertiary/aromatic N) is 2. The lowest BCUT2D eigenvalue weighted by atomic mass is 9.86. The lowest BCUT2D eigenvalue weighted by Gasteiger charge is -2.22. The van der Waals surface area contributed by atoms with Crippen molar-refractivity contribution in [3.05, 3.63) is 35.4 Å². The maximum absolute atomic E-state index is 12.7. The Balaban J connectivity index is 1.96. The Morgan fingerprint density at radius 2 is 2.13 bits per heavy atom. The first-order valence-electron chi connectivity index (χ1n) is 7.74. The van der Waals surface area contributed by atoms with Crippen LogP contribution in [0.1, 0.15) is 12.8 Å². The smallest absolute Gasteiger partial charge is 0.241 e. The molecule has 122 valence electrons. The zero-order valence-electron chi connectivity index (χ0n) is 13.3. The van der Waals surface area contributed by atoms with Crippen molar-refractivity contribution < 1.29 is 9.59 Å². The molecule has 3 unspecified atom stereocenters. The summed E-state index contributed by atoms with van der Waals surface area (Å²) in [6, 6.07) is 5.37. The van der Waals surface area contributed by atoms with Gasteiger partial charge in [-0.1, -0.05) is 23.8 Å². The fourth-order valence-electron chi connectivity index (χ4n) is 3.30. The molecule has 0 spiro atoms. The van der Waals surface area contributed by atoms with E-state index >= 15 is 0 Å². The lowest BCUT2D eigenvalue weighted by molar-refractivity contribution is -0.122. The summed E-state index contributed by atoms with van der Waals surface area (Å²) in [5.41, 5.74) is 1.47. The van der Waals surface area contributed by atoms with Crippen LogP contribution in [0, 0.1) is 11.8 Å². The molecule has 0 aromatic heterocycles. The van der Waals surface area contributed by atoms with Crippen LogP contribution in [0.25, 0.3) is 0 Å².